The summed E-state index contributed by atoms with van der Waals surface area (Å²) in [6.45, 7) is 4.74. The van der Waals surface area contributed by atoms with Crippen molar-refractivity contribution in [1.29, 1.82) is 0 Å². The average Bonchev–Trinajstić information content (AvgIpc) is 3.46. The molecule has 5 rings (SSSR count). The van der Waals surface area contributed by atoms with Crippen LogP contribution in [0.25, 0.3) is 21.5 Å². The Morgan fingerprint density at radius 2 is 2.05 bits per heavy atom. The van der Waals surface area contributed by atoms with Crippen molar-refractivity contribution < 1.29 is 14.7 Å². The number of H-pyrrole nitrogens is 1. The molecule has 0 bridgehead atoms. The van der Waals surface area contributed by atoms with E-state index >= 15 is 0 Å². The van der Waals surface area contributed by atoms with Gasteiger partial charge in [0.25, 0.3) is 5.91 Å². The van der Waals surface area contributed by atoms with Gasteiger partial charge in [-0.1, -0.05) is 12.6 Å². The molecule has 0 unspecified atom stereocenters. The van der Waals surface area contributed by atoms with Gasteiger partial charge in [-0.3, -0.25) is 19.7 Å². The molecule has 10 heteroatoms. The molecule has 190 valence electrons. The van der Waals surface area contributed by atoms with Crippen LogP contribution >= 0.6 is 11.3 Å². The molecule has 0 spiro atoms. The molecule has 4 heterocycles. The number of nitrogens with one attached hydrogen (secondary N) is 2. The van der Waals surface area contributed by atoms with Crippen molar-refractivity contribution >= 4 is 40.1 Å². The van der Waals surface area contributed by atoms with Crippen molar-refractivity contribution in [3.63, 3.8) is 0 Å². The third kappa shape index (κ3) is 5.11. The maximum absolute atomic E-state index is 13.3. The molecule has 0 saturated carbocycles. The van der Waals surface area contributed by atoms with E-state index in [9.17, 15) is 19.5 Å². The summed E-state index contributed by atoms with van der Waals surface area (Å²) in [5.41, 5.74) is 2.81. The number of amides is 2. The number of nitrogens with zero attached hydrogens (tertiary/aromatic N) is 3. The minimum atomic E-state index is -0.294. The largest absolute Gasteiger partial charge is 0.392 e. The number of aromatic nitrogens is 3. The fraction of sp³-hybridized carbons (Fsp3) is 0.259. The number of likely N-dealkylation sites (tertiary alicyclic amines) is 1. The van der Waals surface area contributed by atoms with E-state index in [2.05, 4.69) is 16.9 Å². The van der Waals surface area contributed by atoms with Crippen LogP contribution < -0.4 is 10.9 Å². The standard InChI is InChI=1S/C27H27N5O4S/c1-2-25(35)31-12-3-4-19(10-13-31)32-21-6-5-17(16-33)14-20(21)29-27(32)30-26(36)23-8-7-22(37-23)18-9-11-28-24(34)15-18/h2,5-9,11,14-15,19,33H,1,3-4,10,12-13,16H2,(H,28,34)(H,29,30,36)/t19-/m1/s1. The summed E-state index contributed by atoms with van der Waals surface area (Å²) in [5.74, 6) is 0.0537. The highest BCUT2D eigenvalue weighted by atomic mass is 32.1. The second-order valence-electron chi connectivity index (χ2n) is 8.96. The lowest BCUT2D eigenvalue weighted by Gasteiger charge is -2.21. The Morgan fingerprint density at radius 1 is 1.19 bits per heavy atom. The molecule has 1 aliphatic rings. The number of hydrogen-bond acceptors (Lipinski definition) is 6. The van der Waals surface area contributed by atoms with Crippen molar-refractivity contribution in [3.8, 4) is 10.4 Å². The van der Waals surface area contributed by atoms with Gasteiger partial charge in [-0.05, 0) is 66.8 Å². The van der Waals surface area contributed by atoms with Gasteiger partial charge >= 0.3 is 0 Å². The van der Waals surface area contributed by atoms with E-state index in [1.165, 1.54) is 23.5 Å². The maximum atomic E-state index is 13.3. The molecule has 1 aliphatic heterocycles. The van der Waals surface area contributed by atoms with Crippen LogP contribution in [0.15, 0.2) is 66.1 Å². The maximum Gasteiger partial charge on any atom is 0.268 e. The Bertz CT molecular complexity index is 1540. The lowest BCUT2D eigenvalue weighted by atomic mass is 10.1. The third-order valence-electron chi connectivity index (χ3n) is 6.60. The number of thiophene rings is 1. The highest BCUT2D eigenvalue weighted by Gasteiger charge is 2.25. The molecule has 2 amide bonds. The van der Waals surface area contributed by atoms with Crippen LogP contribution in [0, 0.1) is 0 Å². The number of anilines is 1. The third-order valence-corrected chi connectivity index (χ3v) is 7.73. The zero-order valence-corrected chi connectivity index (χ0v) is 21.0. The molecule has 37 heavy (non-hydrogen) atoms. The molecule has 9 nitrogen and oxygen atoms in total. The molecule has 3 N–H and O–H groups in total. The van der Waals surface area contributed by atoms with Gasteiger partial charge in [-0.15, -0.1) is 11.3 Å². The van der Waals surface area contributed by atoms with Crippen LogP contribution in [0.3, 0.4) is 0 Å². The van der Waals surface area contributed by atoms with Gasteiger partial charge in [0.2, 0.25) is 17.4 Å². The quantitative estimate of drug-likeness (QED) is 0.335. The molecular weight excluding hydrogens is 490 g/mol. The Kier molecular flexibility index (Phi) is 7.02. The summed E-state index contributed by atoms with van der Waals surface area (Å²) >= 11 is 1.30. The first-order valence-corrected chi connectivity index (χ1v) is 12.9. The van der Waals surface area contributed by atoms with Crippen LogP contribution in [0.1, 0.15) is 40.5 Å². The molecule has 0 aliphatic carbocycles. The van der Waals surface area contributed by atoms with E-state index in [4.69, 9.17) is 4.98 Å². The zero-order chi connectivity index (χ0) is 25.9. The Balaban J connectivity index is 1.46. The Labute approximate surface area is 217 Å². The van der Waals surface area contributed by atoms with Gasteiger partial charge in [-0.2, -0.15) is 0 Å². The van der Waals surface area contributed by atoms with Gasteiger partial charge < -0.3 is 19.6 Å². The number of aliphatic hydroxyl groups is 1. The number of hydrogen-bond donors (Lipinski definition) is 3. The van der Waals surface area contributed by atoms with Crippen molar-refractivity contribution in [2.75, 3.05) is 18.4 Å². The molecule has 1 fully saturated rings. The summed E-state index contributed by atoms with van der Waals surface area (Å²) in [6, 6.07) is 12.5. The van der Waals surface area contributed by atoms with Crippen LogP contribution in [-0.4, -0.2) is 49.4 Å². The van der Waals surface area contributed by atoms with Crippen LogP contribution in [0.5, 0.6) is 0 Å². The number of carbonyl (C=O) groups is 2. The van der Waals surface area contributed by atoms with Crippen molar-refractivity contribution in [3.05, 3.63) is 82.1 Å². The molecule has 0 radical (unpaired) electrons. The number of aliphatic hydroxyl groups excluding tert-OH is 1. The molecule has 1 saturated heterocycles. The smallest absolute Gasteiger partial charge is 0.268 e. The minimum absolute atomic E-state index is 0.0258. The molecular formula is C27H27N5O4S. The number of aromatic amines is 1. The topological polar surface area (TPSA) is 120 Å². The van der Waals surface area contributed by atoms with Crippen molar-refractivity contribution in [1.82, 2.24) is 19.4 Å². The first kappa shape index (κ1) is 24.7. The zero-order valence-electron chi connectivity index (χ0n) is 20.1. The highest BCUT2D eigenvalue weighted by Crippen LogP contribution is 2.33. The van der Waals surface area contributed by atoms with Gasteiger partial charge in [0, 0.05) is 36.3 Å². The van der Waals surface area contributed by atoms with E-state index in [-0.39, 0.29) is 30.0 Å². The van der Waals surface area contributed by atoms with Gasteiger partial charge in [0.15, 0.2) is 0 Å². The van der Waals surface area contributed by atoms with Crippen LogP contribution in [0.4, 0.5) is 5.95 Å². The van der Waals surface area contributed by atoms with E-state index in [1.807, 2.05) is 28.8 Å². The van der Waals surface area contributed by atoms with Crippen molar-refractivity contribution in [2.45, 2.75) is 31.9 Å². The predicted octanol–water partition coefficient (Wildman–Crippen LogP) is 3.94. The van der Waals surface area contributed by atoms with E-state index in [0.29, 0.717) is 35.9 Å². The average molecular weight is 518 g/mol. The van der Waals surface area contributed by atoms with Gasteiger partial charge in [0.1, 0.15) is 0 Å². The number of fused-ring (bicyclic) bond motifs is 1. The normalized spacial score (nSPS) is 15.9. The first-order valence-electron chi connectivity index (χ1n) is 12.1. The summed E-state index contributed by atoms with van der Waals surface area (Å²) < 4.78 is 2.04. The molecule has 3 aromatic heterocycles. The van der Waals surface area contributed by atoms with E-state index in [1.54, 1.807) is 23.2 Å². The number of benzene rings is 1. The number of rotatable bonds is 6. The number of pyridine rings is 1. The summed E-state index contributed by atoms with van der Waals surface area (Å²) in [4.78, 5) is 47.6. The van der Waals surface area contributed by atoms with E-state index in [0.717, 1.165) is 34.4 Å². The lowest BCUT2D eigenvalue weighted by molar-refractivity contribution is -0.125. The number of imidazole rings is 1. The Hall–Kier alpha value is -4.02. The van der Waals surface area contributed by atoms with Crippen LogP contribution in [0.2, 0.25) is 0 Å². The minimum Gasteiger partial charge on any atom is -0.392 e. The van der Waals surface area contributed by atoms with Crippen LogP contribution in [-0.2, 0) is 11.4 Å². The fourth-order valence-corrected chi connectivity index (χ4v) is 5.66. The first-order chi connectivity index (χ1) is 18.0. The molecule has 1 aromatic carbocycles. The van der Waals surface area contributed by atoms with Crippen molar-refractivity contribution in [2.24, 2.45) is 0 Å². The molecule has 4 aromatic rings. The van der Waals surface area contributed by atoms with Gasteiger partial charge in [-0.25, -0.2) is 4.98 Å². The summed E-state index contributed by atoms with van der Waals surface area (Å²) in [6.07, 6.45) is 5.27. The van der Waals surface area contributed by atoms with Gasteiger partial charge in [0.05, 0.1) is 22.5 Å². The van der Waals surface area contributed by atoms with E-state index < -0.39 is 0 Å². The Morgan fingerprint density at radius 3 is 2.84 bits per heavy atom. The number of carbonyl (C=O) groups excluding carboxylic acids is 2. The second-order valence-corrected chi connectivity index (χ2v) is 10.0. The fourth-order valence-electron chi connectivity index (χ4n) is 4.76. The summed E-state index contributed by atoms with van der Waals surface area (Å²) in [7, 11) is 0. The molecule has 1 atom stereocenters. The predicted molar refractivity (Wildman–Crippen MR) is 144 cm³/mol. The highest BCUT2D eigenvalue weighted by molar-refractivity contribution is 7.17. The SMILES string of the molecule is C=CC(=O)N1CCC[C@@H](n2c(NC(=O)c3ccc(-c4cc[nH]c(=O)c4)s3)nc3cc(CO)ccc32)CC1. The second kappa shape index (κ2) is 10.5. The monoisotopic (exact) mass is 517 g/mol. The lowest BCUT2D eigenvalue weighted by Crippen LogP contribution is -2.30. The summed E-state index contributed by atoms with van der Waals surface area (Å²) in [5, 5.41) is 12.6.